The molecule has 1 aliphatic carbocycles. The van der Waals surface area contributed by atoms with Crippen molar-refractivity contribution in [3.8, 4) is 23.0 Å². The average molecular weight is 261 g/mol. The Labute approximate surface area is 119 Å². The third-order valence-electron chi connectivity index (χ3n) is 3.25. The Morgan fingerprint density at radius 2 is 1.40 bits per heavy atom. The Morgan fingerprint density at radius 1 is 0.850 bits per heavy atom. The maximum atomic E-state index is 5.35. The first-order chi connectivity index (χ1) is 9.92. The van der Waals surface area contributed by atoms with Gasteiger partial charge in [0.05, 0.1) is 0 Å². The Bertz CT molecular complexity index is 672. The molecule has 2 nitrogen and oxygen atoms in total. The summed E-state index contributed by atoms with van der Waals surface area (Å²) in [4.78, 5) is 5.35. The van der Waals surface area contributed by atoms with Crippen molar-refractivity contribution in [1.29, 1.82) is 0 Å². The highest BCUT2D eigenvalue weighted by atomic mass is 16.6. The van der Waals surface area contributed by atoms with Crippen molar-refractivity contribution in [1.82, 2.24) is 0 Å². The second-order valence-electron chi connectivity index (χ2n) is 4.51. The van der Waals surface area contributed by atoms with Crippen molar-refractivity contribution in [2.45, 2.75) is 13.3 Å². The van der Waals surface area contributed by atoms with Crippen LogP contribution in [0.15, 0.2) is 53.7 Å². The first-order valence-electron chi connectivity index (χ1n) is 6.76. The maximum absolute atomic E-state index is 5.35. The van der Waals surface area contributed by atoms with Crippen LogP contribution in [0.5, 0.6) is 0 Å². The zero-order valence-electron chi connectivity index (χ0n) is 11.4. The van der Waals surface area contributed by atoms with Crippen molar-refractivity contribution >= 4 is 5.71 Å². The number of benzene rings is 2. The topological polar surface area (TPSA) is 21.6 Å². The van der Waals surface area contributed by atoms with Crippen LogP contribution >= 0.6 is 0 Å². The second kappa shape index (κ2) is 5.63. The van der Waals surface area contributed by atoms with E-state index in [2.05, 4.69) is 41.3 Å². The van der Waals surface area contributed by atoms with Crippen LogP contribution in [0.3, 0.4) is 0 Å². The molecule has 0 heterocycles. The van der Waals surface area contributed by atoms with E-state index >= 15 is 0 Å². The number of hydrogen-bond donors (Lipinski definition) is 0. The predicted molar refractivity (Wildman–Crippen MR) is 81.5 cm³/mol. The SMILES string of the molecule is CCC#CCON=C1c2ccccc2-c2ccccc21. The van der Waals surface area contributed by atoms with Gasteiger partial charge in [0.2, 0.25) is 0 Å². The Balaban J connectivity index is 1.96. The van der Waals surface area contributed by atoms with Gasteiger partial charge in [0.15, 0.2) is 6.61 Å². The molecule has 0 N–H and O–H groups in total. The molecule has 0 spiro atoms. The normalized spacial score (nSPS) is 11.2. The van der Waals surface area contributed by atoms with Gasteiger partial charge in [-0.25, -0.2) is 0 Å². The largest absolute Gasteiger partial charge is 0.382 e. The van der Waals surface area contributed by atoms with Crippen molar-refractivity contribution in [3.05, 3.63) is 59.7 Å². The highest BCUT2D eigenvalue weighted by Gasteiger charge is 2.24. The van der Waals surface area contributed by atoms with E-state index in [0.717, 1.165) is 23.3 Å². The van der Waals surface area contributed by atoms with Crippen molar-refractivity contribution in [2.75, 3.05) is 6.61 Å². The monoisotopic (exact) mass is 261 g/mol. The fourth-order valence-electron chi connectivity index (χ4n) is 2.40. The molecule has 98 valence electrons. The van der Waals surface area contributed by atoms with Gasteiger partial charge in [-0.3, -0.25) is 0 Å². The van der Waals surface area contributed by atoms with Crippen molar-refractivity contribution in [2.24, 2.45) is 5.16 Å². The Kier molecular flexibility index (Phi) is 3.52. The molecule has 0 unspecified atom stereocenters. The maximum Gasteiger partial charge on any atom is 0.177 e. The molecule has 2 aromatic rings. The second-order valence-corrected chi connectivity index (χ2v) is 4.51. The first kappa shape index (κ1) is 12.5. The van der Waals surface area contributed by atoms with Crippen LogP contribution in [0, 0.1) is 11.8 Å². The zero-order valence-corrected chi connectivity index (χ0v) is 11.4. The van der Waals surface area contributed by atoms with E-state index in [1.807, 2.05) is 31.2 Å². The summed E-state index contributed by atoms with van der Waals surface area (Å²) in [6.07, 6.45) is 0.839. The van der Waals surface area contributed by atoms with Gasteiger partial charge in [0.1, 0.15) is 5.71 Å². The van der Waals surface area contributed by atoms with E-state index in [4.69, 9.17) is 4.84 Å². The van der Waals surface area contributed by atoms with Crippen molar-refractivity contribution < 1.29 is 4.84 Å². The third-order valence-corrected chi connectivity index (χ3v) is 3.25. The van der Waals surface area contributed by atoms with Crippen molar-refractivity contribution in [3.63, 3.8) is 0 Å². The lowest BCUT2D eigenvalue weighted by Crippen LogP contribution is -1.99. The number of rotatable bonds is 2. The molecular weight excluding hydrogens is 246 g/mol. The van der Waals surface area contributed by atoms with Crippen LogP contribution in [0.2, 0.25) is 0 Å². The van der Waals surface area contributed by atoms with Crippen LogP contribution in [0.1, 0.15) is 24.5 Å². The molecule has 0 amide bonds. The van der Waals surface area contributed by atoms with Gasteiger partial charge in [0, 0.05) is 17.5 Å². The minimum Gasteiger partial charge on any atom is -0.382 e. The molecular formula is C18H15NO. The van der Waals surface area contributed by atoms with Crippen LogP contribution < -0.4 is 0 Å². The van der Waals surface area contributed by atoms with Gasteiger partial charge in [-0.15, -0.1) is 0 Å². The highest BCUT2D eigenvalue weighted by molar-refractivity contribution is 6.24. The van der Waals surface area contributed by atoms with Gasteiger partial charge in [0.25, 0.3) is 0 Å². The van der Waals surface area contributed by atoms with Gasteiger partial charge < -0.3 is 4.84 Å². The first-order valence-corrected chi connectivity index (χ1v) is 6.76. The molecule has 0 radical (unpaired) electrons. The molecule has 2 aromatic carbocycles. The van der Waals surface area contributed by atoms with Gasteiger partial charge in [-0.2, -0.15) is 0 Å². The summed E-state index contributed by atoms with van der Waals surface area (Å²) in [5, 5.41) is 4.29. The van der Waals surface area contributed by atoms with E-state index in [0.29, 0.717) is 6.61 Å². The predicted octanol–water partition coefficient (Wildman–Crippen LogP) is 3.85. The zero-order chi connectivity index (χ0) is 13.8. The average Bonchev–Trinajstić information content (AvgIpc) is 2.82. The molecule has 2 heteroatoms. The molecule has 0 fully saturated rings. The molecule has 3 rings (SSSR count). The third kappa shape index (κ3) is 2.19. The van der Waals surface area contributed by atoms with Crippen LogP contribution in [-0.2, 0) is 4.84 Å². The van der Waals surface area contributed by atoms with Gasteiger partial charge in [-0.1, -0.05) is 72.5 Å². The highest BCUT2D eigenvalue weighted by Crippen LogP contribution is 2.36. The van der Waals surface area contributed by atoms with E-state index in [9.17, 15) is 0 Å². The van der Waals surface area contributed by atoms with Gasteiger partial charge >= 0.3 is 0 Å². The summed E-state index contributed by atoms with van der Waals surface area (Å²) in [7, 11) is 0. The van der Waals surface area contributed by atoms with Crippen LogP contribution in [-0.4, -0.2) is 12.3 Å². The smallest absolute Gasteiger partial charge is 0.177 e. The molecule has 0 saturated heterocycles. The Morgan fingerprint density at radius 3 is 1.95 bits per heavy atom. The molecule has 0 atom stereocenters. The van der Waals surface area contributed by atoms with Gasteiger partial charge in [-0.05, 0) is 11.1 Å². The summed E-state index contributed by atoms with van der Waals surface area (Å²) >= 11 is 0. The molecule has 0 saturated carbocycles. The summed E-state index contributed by atoms with van der Waals surface area (Å²) in [5.41, 5.74) is 5.57. The van der Waals surface area contributed by atoms with E-state index in [1.54, 1.807) is 0 Å². The van der Waals surface area contributed by atoms with Crippen LogP contribution in [0.25, 0.3) is 11.1 Å². The summed E-state index contributed by atoms with van der Waals surface area (Å²) < 4.78 is 0. The lowest BCUT2D eigenvalue weighted by atomic mass is 10.1. The van der Waals surface area contributed by atoms with E-state index < -0.39 is 0 Å². The number of fused-ring (bicyclic) bond motifs is 3. The number of nitrogens with zero attached hydrogens (tertiary/aromatic N) is 1. The number of hydrogen-bond acceptors (Lipinski definition) is 2. The lowest BCUT2D eigenvalue weighted by Gasteiger charge is -2.00. The molecule has 20 heavy (non-hydrogen) atoms. The number of oxime groups is 1. The minimum absolute atomic E-state index is 0.335. The molecule has 0 aromatic heterocycles. The minimum atomic E-state index is 0.335. The fourth-order valence-corrected chi connectivity index (χ4v) is 2.40. The lowest BCUT2D eigenvalue weighted by molar-refractivity contribution is 0.180. The summed E-state index contributed by atoms with van der Waals surface area (Å²) in [6.45, 7) is 2.35. The van der Waals surface area contributed by atoms with E-state index in [1.165, 1.54) is 11.1 Å². The quantitative estimate of drug-likeness (QED) is 0.390. The molecule has 0 bridgehead atoms. The van der Waals surface area contributed by atoms with Crippen LogP contribution in [0.4, 0.5) is 0 Å². The Hall–Kier alpha value is -2.53. The molecule has 0 aliphatic heterocycles. The fraction of sp³-hybridized carbons (Fsp3) is 0.167. The van der Waals surface area contributed by atoms with E-state index in [-0.39, 0.29) is 0 Å². The summed E-state index contributed by atoms with van der Waals surface area (Å²) in [6, 6.07) is 16.5. The summed E-state index contributed by atoms with van der Waals surface area (Å²) in [5.74, 6) is 5.90. The standard InChI is InChI=1S/C18H15NO/c1-2-3-8-13-20-19-18-16-11-6-4-9-14(16)15-10-5-7-12-17(15)18/h4-7,9-12H,2,13H2,1H3. The molecule has 1 aliphatic rings.